The zero-order chi connectivity index (χ0) is 22.9. The number of benzene rings is 2. The fraction of sp³-hybridized carbons (Fsp3) is 0.238. The summed E-state index contributed by atoms with van der Waals surface area (Å²) < 4.78 is 65.6. The van der Waals surface area contributed by atoms with Gasteiger partial charge in [0.1, 0.15) is 0 Å². The van der Waals surface area contributed by atoms with Crippen LogP contribution >= 0.6 is 15.9 Å². The predicted octanol–water partition coefficient (Wildman–Crippen LogP) is 5.03. The summed E-state index contributed by atoms with van der Waals surface area (Å²) in [6.45, 7) is 3.61. The number of halogens is 4. The van der Waals surface area contributed by atoms with E-state index in [0.717, 1.165) is 17.2 Å². The summed E-state index contributed by atoms with van der Waals surface area (Å²) >= 11 is 3.02. The summed E-state index contributed by atoms with van der Waals surface area (Å²) in [7, 11) is -5.88. The molecule has 0 aliphatic heterocycles. The first-order chi connectivity index (χ1) is 14.3. The predicted molar refractivity (Wildman–Crippen MR) is 109 cm³/mol. The summed E-state index contributed by atoms with van der Waals surface area (Å²) in [6.07, 6.45) is 0.394. The van der Waals surface area contributed by atoms with Gasteiger partial charge in [-0.25, -0.2) is 0 Å². The van der Waals surface area contributed by atoms with Gasteiger partial charge >= 0.3 is 15.6 Å². The van der Waals surface area contributed by atoms with E-state index >= 15 is 0 Å². The molecular formula is C21H13BrF3NO4S. The molecular weight excluding hydrogens is 499 g/mol. The molecule has 10 heteroatoms. The largest absolute Gasteiger partial charge is 0.534 e. The monoisotopic (exact) mass is 511 g/mol. The molecule has 2 aliphatic rings. The molecule has 0 saturated carbocycles. The smallest absolute Gasteiger partial charge is 0.375 e. The number of rotatable bonds is 2. The van der Waals surface area contributed by atoms with Crippen molar-refractivity contribution in [2.45, 2.75) is 31.2 Å². The van der Waals surface area contributed by atoms with Gasteiger partial charge in [0.25, 0.3) is 0 Å². The van der Waals surface area contributed by atoms with E-state index in [9.17, 15) is 26.4 Å². The number of alkyl halides is 3. The van der Waals surface area contributed by atoms with E-state index in [2.05, 4.69) is 26.2 Å². The van der Waals surface area contributed by atoms with Crippen LogP contribution in [0.15, 0.2) is 40.4 Å². The van der Waals surface area contributed by atoms with Crippen LogP contribution < -0.4 is 4.18 Å². The molecule has 0 unspecified atom stereocenters. The molecule has 4 rings (SSSR count). The summed E-state index contributed by atoms with van der Waals surface area (Å²) in [5.74, 6) is -0.873. The summed E-state index contributed by atoms with van der Waals surface area (Å²) in [4.78, 5) is 13.3. The van der Waals surface area contributed by atoms with Crippen LogP contribution in [0, 0.1) is 11.3 Å². The van der Waals surface area contributed by atoms with Crippen LogP contribution in [0.4, 0.5) is 13.2 Å². The highest BCUT2D eigenvalue weighted by Gasteiger charge is 2.49. The Labute approximate surface area is 184 Å². The zero-order valence-corrected chi connectivity index (χ0v) is 18.5. The van der Waals surface area contributed by atoms with E-state index in [1.54, 1.807) is 32.0 Å². The standard InChI is InChI=1S/C21H13BrF3NO4S/c1-20(2)14-8-17(30-31(28,29)21(23,24)25)16(22)7-13(14)19(27)18-12-4-3-10(9-26)5-11(12)6-15(18)20/h3-5,7-8H,6H2,1-2H3. The molecule has 0 amide bonds. The van der Waals surface area contributed by atoms with Crippen molar-refractivity contribution in [3.63, 3.8) is 0 Å². The molecule has 0 N–H and O–H groups in total. The average Bonchev–Trinajstić information content (AvgIpc) is 3.06. The van der Waals surface area contributed by atoms with Crippen LogP contribution in [0.25, 0.3) is 5.57 Å². The molecule has 5 nitrogen and oxygen atoms in total. The highest BCUT2D eigenvalue weighted by Crippen LogP contribution is 2.51. The second-order valence-corrected chi connectivity index (χ2v) is 10.2. The Morgan fingerprint density at radius 1 is 1.16 bits per heavy atom. The summed E-state index contributed by atoms with van der Waals surface area (Å²) in [6, 6.07) is 9.56. The van der Waals surface area contributed by atoms with E-state index in [4.69, 9.17) is 5.26 Å². The number of carbonyl (C=O) groups is 1. The Morgan fingerprint density at radius 2 is 1.84 bits per heavy atom. The number of hydrogen-bond donors (Lipinski definition) is 0. The van der Waals surface area contributed by atoms with Gasteiger partial charge in [0.05, 0.1) is 16.1 Å². The van der Waals surface area contributed by atoms with Gasteiger partial charge in [0.15, 0.2) is 11.5 Å². The molecule has 0 radical (unpaired) electrons. The van der Waals surface area contributed by atoms with Crippen molar-refractivity contribution in [3.05, 3.63) is 68.2 Å². The van der Waals surface area contributed by atoms with Crippen molar-refractivity contribution in [2.24, 2.45) is 0 Å². The van der Waals surface area contributed by atoms with Gasteiger partial charge in [-0.15, -0.1) is 0 Å². The van der Waals surface area contributed by atoms with Crippen LogP contribution in [0.2, 0.25) is 0 Å². The molecule has 0 heterocycles. The van der Waals surface area contributed by atoms with Crippen LogP contribution in [-0.2, 0) is 22.0 Å². The third kappa shape index (κ3) is 3.18. The van der Waals surface area contributed by atoms with Gasteiger partial charge in [-0.05, 0) is 68.9 Å². The molecule has 0 fully saturated rings. The van der Waals surface area contributed by atoms with Gasteiger partial charge in [0.2, 0.25) is 0 Å². The minimum absolute atomic E-state index is 0.0923. The maximum absolute atomic E-state index is 13.3. The van der Waals surface area contributed by atoms with Crippen LogP contribution in [-0.4, -0.2) is 19.7 Å². The minimum Gasteiger partial charge on any atom is -0.375 e. The number of hydrogen-bond acceptors (Lipinski definition) is 5. The van der Waals surface area contributed by atoms with Crippen molar-refractivity contribution >= 4 is 37.4 Å². The lowest BCUT2D eigenvalue weighted by molar-refractivity contribution is -0.0500. The van der Waals surface area contributed by atoms with Gasteiger partial charge in [-0.3, -0.25) is 4.79 Å². The minimum atomic E-state index is -5.88. The van der Waals surface area contributed by atoms with Crippen molar-refractivity contribution in [1.82, 2.24) is 0 Å². The number of fused-ring (bicyclic) bond motifs is 3. The first kappa shape index (κ1) is 21.6. The molecule has 0 atom stereocenters. The summed E-state index contributed by atoms with van der Waals surface area (Å²) in [5, 5.41) is 9.16. The molecule has 0 spiro atoms. The molecule has 31 heavy (non-hydrogen) atoms. The molecule has 0 bridgehead atoms. The van der Waals surface area contributed by atoms with Crippen molar-refractivity contribution in [1.29, 1.82) is 5.26 Å². The normalized spacial score (nSPS) is 17.0. The second kappa shape index (κ2) is 6.68. The Kier molecular flexibility index (Phi) is 4.65. The van der Waals surface area contributed by atoms with Crippen molar-refractivity contribution < 1.29 is 30.6 Å². The van der Waals surface area contributed by atoms with Crippen LogP contribution in [0.1, 0.15) is 46.5 Å². The number of ketones is 1. The molecule has 0 saturated heterocycles. The van der Waals surface area contributed by atoms with E-state index in [1.165, 1.54) is 6.07 Å². The van der Waals surface area contributed by atoms with Gasteiger partial charge in [-0.1, -0.05) is 19.9 Å². The van der Waals surface area contributed by atoms with Crippen molar-refractivity contribution in [3.8, 4) is 11.8 Å². The number of nitriles is 1. The topological polar surface area (TPSA) is 84.2 Å². The molecule has 2 aromatic carbocycles. The Hall–Kier alpha value is -2.64. The molecule has 0 aromatic heterocycles. The third-order valence-electron chi connectivity index (χ3n) is 5.63. The molecule has 2 aliphatic carbocycles. The maximum atomic E-state index is 13.3. The van der Waals surface area contributed by atoms with Gasteiger partial charge in [0, 0.05) is 16.6 Å². The highest BCUT2D eigenvalue weighted by atomic mass is 79.9. The quantitative estimate of drug-likeness (QED) is 0.416. The van der Waals surface area contributed by atoms with E-state index in [1.807, 2.05) is 0 Å². The Balaban J connectivity index is 1.86. The fourth-order valence-corrected chi connectivity index (χ4v) is 5.07. The average molecular weight is 512 g/mol. The zero-order valence-electron chi connectivity index (χ0n) is 16.1. The van der Waals surface area contributed by atoms with E-state index in [-0.39, 0.29) is 15.8 Å². The van der Waals surface area contributed by atoms with Gasteiger partial charge < -0.3 is 4.18 Å². The number of carbonyl (C=O) groups excluding carboxylic acids is 1. The first-order valence-electron chi connectivity index (χ1n) is 8.94. The number of allylic oxidation sites excluding steroid dienone is 2. The van der Waals surface area contributed by atoms with Crippen molar-refractivity contribution in [2.75, 3.05) is 0 Å². The molecule has 2 aromatic rings. The number of Topliss-reactive ketones (excluding diaryl/α,β-unsaturated/α-hetero) is 1. The Bertz CT molecular complexity index is 1350. The van der Waals surface area contributed by atoms with Crippen LogP contribution in [0.3, 0.4) is 0 Å². The second-order valence-electron chi connectivity index (χ2n) is 7.78. The van der Waals surface area contributed by atoms with Gasteiger partial charge in [-0.2, -0.15) is 26.9 Å². The highest BCUT2D eigenvalue weighted by molar-refractivity contribution is 9.10. The summed E-state index contributed by atoms with van der Waals surface area (Å²) in [5.41, 5.74) is -2.55. The van der Waals surface area contributed by atoms with E-state index in [0.29, 0.717) is 28.7 Å². The third-order valence-corrected chi connectivity index (χ3v) is 7.21. The van der Waals surface area contributed by atoms with Crippen LogP contribution in [0.5, 0.6) is 5.75 Å². The first-order valence-corrected chi connectivity index (χ1v) is 11.1. The number of nitrogens with zero attached hydrogens (tertiary/aromatic N) is 1. The SMILES string of the molecule is CC1(C)C2=C(C(=O)c3cc(Br)c(OS(=O)(=O)C(F)(F)F)cc31)c1ccc(C#N)cc1C2. The fourth-order valence-electron chi connectivity index (χ4n) is 4.07. The van der Waals surface area contributed by atoms with E-state index < -0.39 is 26.8 Å². The maximum Gasteiger partial charge on any atom is 0.534 e. The molecule has 160 valence electrons. The Morgan fingerprint density at radius 3 is 2.45 bits per heavy atom. The lowest BCUT2D eigenvalue weighted by Crippen LogP contribution is -2.31. The lowest BCUT2D eigenvalue weighted by atomic mass is 9.68. The lowest BCUT2D eigenvalue weighted by Gasteiger charge is -2.34.